The number of para-hydroxylation sites is 1. The van der Waals surface area contributed by atoms with Crippen LogP contribution in [0.25, 0.3) is 22.2 Å². The van der Waals surface area contributed by atoms with Crippen LogP contribution >= 0.6 is 0 Å². The van der Waals surface area contributed by atoms with Gasteiger partial charge >= 0.3 is 6.01 Å². The molecule has 2 aromatic carbocycles. The van der Waals surface area contributed by atoms with E-state index in [2.05, 4.69) is 16.0 Å². The number of ether oxygens (including phenoxy) is 2. The first kappa shape index (κ1) is 18.6. The van der Waals surface area contributed by atoms with Crippen molar-refractivity contribution in [3.05, 3.63) is 66.6 Å². The van der Waals surface area contributed by atoms with Crippen molar-refractivity contribution in [2.45, 2.75) is 6.61 Å². The zero-order valence-corrected chi connectivity index (χ0v) is 16.9. The fourth-order valence-electron chi connectivity index (χ4n) is 3.64. The minimum absolute atomic E-state index is 0.296. The van der Waals surface area contributed by atoms with Crippen LogP contribution in [0.2, 0.25) is 0 Å². The first-order valence-electron chi connectivity index (χ1n) is 10.1. The van der Waals surface area contributed by atoms with Gasteiger partial charge in [-0.2, -0.15) is 9.97 Å². The second-order valence-corrected chi connectivity index (χ2v) is 7.25. The summed E-state index contributed by atoms with van der Waals surface area (Å²) in [5.41, 5.74) is 2.87. The van der Waals surface area contributed by atoms with Gasteiger partial charge < -0.3 is 18.9 Å². The van der Waals surface area contributed by atoms with Gasteiger partial charge in [-0.25, -0.2) is 4.98 Å². The van der Waals surface area contributed by atoms with E-state index in [9.17, 15) is 0 Å². The van der Waals surface area contributed by atoms with E-state index >= 15 is 0 Å². The van der Waals surface area contributed by atoms with Gasteiger partial charge in [-0.15, -0.1) is 0 Å². The van der Waals surface area contributed by atoms with Gasteiger partial charge in [-0.05, 0) is 12.1 Å². The van der Waals surface area contributed by atoms with Crippen LogP contribution in [0.3, 0.4) is 0 Å². The first-order valence-corrected chi connectivity index (χ1v) is 10.1. The molecule has 3 heterocycles. The number of benzene rings is 2. The highest BCUT2D eigenvalue weighted by atomic mass is 16.5. The quantitative estimate of drug-likeness (QED) is 0.510. The van der Waals surface area contributed by atoms with Crippen molar-refractivity contribution in [2.24, 2.45) is 7.05 Å². The average Bonchev–Trinajstić information content (AvgIpc) is 3.19. The van der Waals surface area contributed by atoms with E-state index in [1.165, 1.54) is 0 Å². The van der Waals surface area contributed by atoms with Crippen LogP contribution in [0.5, 0.6) is 6.01 Å². The molecule has 0 unspecified atom stereocenters. The van der Waals surface area contributed by atoms with Crippen molar-refractivity contribution in [3.8, 4) is 17.3 Å². The summed E-state index contributed by atoms with van der Waals surface area (Å²) in [6.45, 7) is 3.30. The van der Waals surface area contributed by atoms with Gasteiger partial charge in [0.2, 0.25) is 0 Å². The van der Waals surface area contributed by atoms with Crippen LogP contribution < -0.4 is 9.64 Å². The van der Waals surface area contributed by atoms with Gasteiger partial charge in [0.25, 0.3) is 0 Å². The summed E-state index contributed by atoms with van der Waals surface area (Å²) in [6, 6.07) is 18.5. The van der Waals surface area contributed by atoms with Crippen molar-refractivity contribution in [2.75, 3.05) is 31.2 Å². The number of anilines is 1. The molecule has 1 aliphatic heterocycles. The van der Waals surface area contributed by atoms with Gasteiger partial charge in [0.05, 0.1) is 24.4 Å². The molecule has 152 valence electrons. The number of morpholine rings is 1. The number of aromatic nitrogens is 4. The number of rotatable bonds is 5. The molecular weight excluding hydrogens is 378 g/mol. The van der Waals surface area contributed by atoms with Crippen molar-refractivity contribution in [1.82, 2.24) is 19.5 Å². The lowest BCUT2D eigenvalue weighted by Gasteiger charge is -2.28. The number of hydrogen-bond acceptors (Lipinski definition) is 6. The highest BCUT2D eigenvalue weighted by Gasteiger charge is 2.18. The standard InChI is InChI=1S/C23H23N5O2/c1-27-15-20(17-7-3-2-4-8-17)24-21(27)16-30-23-25-19-10-6-5-9-18(19)22(26-23)28-11-13-29-14-12-28/h2-10,15H,11-14,16H2,1H3. The Morgan fingerprint density at radius 1 is 0.933 bits per heavy atom. The fraction of sp³-hybridized carbons (Fsp3) is 0.261. The topological polar surface area (TPSA) is 65.3 Å². The summed E-state index contributed by atoms with van der Waals surface area (Å²) in [5, 5.41) is 1.02. The Labute approximate surface area is 174 Å². The van der Waals surface area contributed by atoms with E-state index in [1.807, 2.05) is 66.3 Å². The van der Waals surface area contributed by atoms with E-state index in [-0.39, 0.29) is 0 Å². The zero-order chi connectivity index (χ0) is 20.3. The number of nitrogens with zero attached hydrogens (tertiary/aromatic N) is 5. The molecule has 1 aliphatic rings. The molecule has 7 heteroatoms. The molecule has 1 saturated heterocycles. The minimum atomic E-state index is 0.296. The van der Waals surface area contributed by atoms with Gasteiger partial charge in [-0.3, -0.25) is 0 Å². The maximum Gasteiger partial charge on any atom is 0.319 e. The maximum absolute atomic E-state index is 6.00. The molecule has 0 aliphatic carbocycles. The smallest absolute Gasteiger partial charge is 0.319 e. The monoisotopic (exact) mass is 401 g/mol. The molecule has 0 spiro atoms. The van der Waals surface area contributed by atoms with Crippen LogP contribution in [0, 0.1) is 0 Å². The zero-order valence-electron chi connectivity index (χ0n) is 16.9. The molecule has 5 rings (SSSR count). The molecule has 0 radical (unpaired) electrons. The lowest BCUT2D eigenvalue weighted by Crippen LogP contribution is -2.37. The summed E-state index contributed by atoms with van der Waals surface area (Å²) in [6.07, 6.45) is 2.01. The Balaban J connectivity index is 1.41. The van der Waals surface area contributed by atoms with Gasteiger partial charge in [0.15, 0.2) is 0 Å². The number of fused-ring (bicyclic) bond motifs is 1. The Morgan fingerprint density at radius 3 is 2.53 bits per heavy atom. The predicted molar refractivity (Wildman–Crippen MR) is 116 cm³/mol. The van der Waals surface area contributed by atoms with Gasteiger partial charge in [0.1, 0.15) is 18.2 Å². The lowest BCUT2D eigenvalue weighted by molar-refractivity contribution is 0.122. The third-order valence-electron chi connectivity index (χ3n) is 5.25. The van der Waals surface area contributed by atoms with Crippen LogP contribution in [-0.2, 0) is 18.4 Å². The lowest BCUT2D eigenvalue weighted by atomic mass is 10.2. The highest BCUT2D eigenvalue weighted by Crippen LogP contribution is 2.27. The molecule has 4 aromatic rings. The molecule has 30 heavy (non-hydrogen) atoms. The van der Waals surface area contributed by atoms with Crippen molar-refractivity contribution in [1.29, 1.82) is 0 Å². The Morgan fingerprint density at radius 2 is 1.70 bits per heavy atom. The molecule has 0 amide bonds. The number of imidazole rings is 1. The van der Waals surface area contributed by atoms with Crippen molar-refractivity contribution < 1.29 is 9.47 Å². The predicted octanol–water partition coefficient (Wildman–Crippen LogP) is 3.45. The summed E-state index contributed by atoms with van der Waals surface area (Å²) >= 11 is 0. The Hall–Kier alpha value is -3.45. The van der Waals surface area contributed by atoms with Gasteiger partial charge in [-0.1, -0.05) is 42.5 Å². The summed E-state index contributed by atoms with van der Waals surface area (Å²) < 4.78 is 13.5. The van der Waals surface area contributed by atoms with Crippen LogP contribution in [0.4, 0.5) is 5.82 Å². The first-order chi connectivity index (χ1) is 14.8. The largest absolute Gasteiger partial charge is 0.455 e. The molecule has 7 nitrogen and oxygen atoms in total. The second kappa shape index (κ2) is 8.12. The average molecular weight is 401 g/mol. The van der Waals surface area contributed by atoms with Crippen LogP contribution in [-0.4, -0.2) is 45.8 Å². The second-order valence-electron chi connectivity index (χ2n) is 7.25. The highest BCUT2D eigenvalue weighted by molar-refractivity contribution is 5.89. The van der Waals surface area contributed by atoms with E-state index in [4.69, 9.17) is 19.4 Å². The van der Waals surface area contributed by atoms with Crippen molar-refractivity contribution >= 4 is 16.7 Å². The van der Waals surface area contributed by atoms with E-state index in [0.717, 1.165) is 46.9 Å². The van der Waals surface area contributed by atoms with E-state index < -0.39 is 0 Å². The SMILES string of the molecule is Cn1cc(-c2ccccc2)nc1COc1nc(N2CCOCC2)c2ccccc2n1. The summed E-state index contributed by atoms with van der Waals surface area (Å²) in [4.78, 5) is 16.3. The number of hydrogen-bond donors (Lipinski definition) is 0. The van der Waals surface area contributed by atoms with Gasteiger partial charge in [0, 0.05) is 37.3 Å². The van der Waals surface area contributed by atoms with E-state index in [1.54, 1.807) is 0 Å². The molecule has 0 atom stereocenters. The summed E-state index contributed by atoms with van der Waals surface area (Å²) in [7, 11) is 1.97. The molecule has 0 N–H and O–H groups in total. The third kappa shape index (κ3) is 3.71. The van der Waals surface area contributed by atoms with Crippen LogP contribution in [0.1, 0.15) is 5.82 Å². The minimum Gasteiger partial charge on any atom is -0.455 e. The van der Waals surface area contributed by atoms with Crippen molar-refractivity contribution in [3.63, 3.8) is 0 Å². The normalized spacial score (nSPS) is 14.2. The van der Waals surface area contributed by atoms with Crippen LogP contribution in [0.15, 0.2) is 60.8 Å². The summed E-state index contributed by atoms with van der Waals surface area (Å²) in [5.74, 6) is 1.71. The molecule has 0 bridgehead atoms. The molecule has 0 saturated carbocycles. The molecular formula is C23H23N5O2. The Kier molecular flexibility index (Phi) is 5.03. The number of aryl methyl sites for hydroxylation is 1. The van der Waals surface area contributed by atoms with E-state index in [0.29, 0.717) is 25.8 Å². The Bertz CT molecular complexity index is 1150. The molecule has 2 aromatic heterocycles. The third-order valence-corrected chi connectivity index (χ3v) is 5.25. The molecule has 1 fully saturated rings. The maximum atomic E-state index is 6.00. The fourth-order valence-corrected chi connectivity index (χ4v) is 3.64.